The first-order chi connectivity index (χ1) is 7.79. The topological polar surface area (TPSA) is 38.0 Å². The number of rotatable bonds is 4. The molecule has 2 nitrogen and oxygen atoms in total. The quantitative estimate of drug-likeness (QED) is 0.814. The van der Waals surface area contributed by atoms with E-state index in [0.717, 1.165) is 13.0 Å². The minimum Gasteiger partial charge on any atom is -0.385 e. The SMILES string of the molecule is NC1(CCNc2ccccc2)CCCCC1. The summed E-state index contributed by atoms with van der Waals surface area (Å²) >= 11 is 0. The van der Waals surface area contributed by atoms with E-state index in [4.69, 9.17) is 5.73 Å². The predicted octanol–water partition coefficient (Wildman–Crippen LogP) is 3.15. The van der Waals surface area contributed by atoms with Crippen LogP contribution in [0.25, 0.3) is 0 Å². The van der Waals surface area contributed by atoms with E-state index >= 15 is 0 Å². The number of nitrogens with one attached hydrogen (secondary N) is 1. The third-order valence-electron chi connectivity index (χ3n) is 3.58. The van der Waals surface area contributed by atoms with Crippen molar-refractivity contribution in [1.82, 2.24) is 0 Å². The minimum absolute atomic E-state index is 0.0973. The Morgan fingerprint density at radius 1 is 1.06 bits per heavy atom. The van der Waals surface area contributed by atoms with E-state index in [1.54, 1.807) is 0 Å². The van der Waals surface area contributed by atoms with Crippen LogP contribution < -0.4 is 11.1 Å². The number of nitrogens with two attached hydrogens (primary N) is 1. The molecule has 0 bridgehead atoms. The van der Waals surface area contributed by atoms with Crippen LogP contribution in [0.15, 0.2) is 30.3 Å². The van der Waals surface area contributed by atoms with E-state index in [1.165, 1.54) is 37.8 Å². The van der Waals surface area contributed by atoms with Gasteiger partial charge in [-0.2, -0.15) is 0 Å². The second-order valence-electron chi connectivity index (χ2n) is 4.97. The molecular weight excluding hydrogens is 196 g/mol. The van der Waals surface area contributed by atoms with Gasteiger partial charge in [0.05, 0.1) is 0 Å². The van der Waals surface area contributed by atoms with Crippen molar-refractivity contribution >= 4 is 5.69 Å². The molecule has 0 aliphatic heterocycles. The van der Waals surface area contributed by atoms with Crippen molar-refractivity contribution < 1.29 is 0 Å². The molecule has 0 radical (unpaired) electrons. The van der Waals surface area contributed by atoms with E-state index < -0.39 is 0 Å². The van der Waals surface area contributed by atoms with E-state index in [2.05, 4.69) is 29.6 Å². The molecule has 0 atom stereocenters. The molecular formula is C14H22N2. The summed E-state index contributed by atoms with van der Waals surface area (Å²) in [5.74, 6) is 0. The second kappa shape index (κ2) is 5.35. The van der Waals surface area contributed by atoms with Crippen LogP contribution >= 0.6 is 0 Å². The second-order valence-corrected chi connectivity index (χ2v) is 4.97. The highest BCUT2D eigenvalue weighted by atomic mass is 14.9. The number of benzene rings is 1. The highest BCUT2D eigenvalue weighted by Crippen LogP contribution is 2.28. The Morgan fingerprint density at radius 3 is 2.44 bits per heavy atom. The standard InChI is InChI=1S/C14H22N2/c15-14(9-5-2-6-10-14)11-12-16-13-7-3-1-4-8-13/h1,3-4,7-8,16H,2,5-6,9-12,15H2. The molecule has 0 aromatic heterocycles. The number of para-hydroxylation sites is 1. The molecule has 1 aliphatic carbocycles. The summed E-state index contributed by atoms with van der Waals surface area (Å²) in [7, 11) is 0. The average Bonchev–Trinajstić information content (AvgIpc) is 2.31. The molecule has 0 amide bonds. The smallest absolute Gasteiger partial charge is 0.0340 e. The van der Waals surface area contributed by atoms with Crippen molar-refractivity contribution in [3.63, 3.8) is 0 Å². The van der Waals surface area contributed by atoms with Crippen LogP contribution in [0, 0.1) is 0 Å². The Bertz CT molecular complexity index is 302. The highest BCUT2D eigenvalue weighted by molar-refractivity contribution is 5.42. The first-order valence-electron chi connectivity index (χ1n) is 6.36. The van der Waals surface area contributed by atoms with Gasteiger partial charge in [0.25, 0.3) is 0 Å². The summed E-state index contributed by atoms with van der Waals surface area (Å²) in [4.78, 5) is 0. The lowest BCUT2D eigenvalue weighted by atomic mass is 9.80. The minimum atomic E-state index is 0.0973. The molecule has 1 saturated carbocycles. The Labute approximate surface area is 98.2 Å². The van der Waals surface area contributed by atoms with Gasteiger partial charge < -0.3 is 11.1 Å². The van der Waals surface area contributed by atoms with Crippen molar-refractivity contribution in [2.24, 2.45) is 5.73 Å². The van der Waals surface area contributed by atoms with Gasteiger partial charge in [0.1, 0.15) is 0 Å². The van der Waals surface area contributed by atoms with Gasteiger partial charge in [-0.3, -0.25) is 0 Å². The van der Waals surface area contributed by atoms with Gasteiger partial charge in [-0.15, -0.1) is 0 Å². The molecule has 0 saturated heterocycles. The molecule has 0 heterocycles. The Kier molecular flexibility index (Phi) is 3.83. The van der Waals surface area contributed by atoms with Crippen LogP contribution in [-0.2, 0) is 0 Å². The molecule has 88 valence electrons. The van der Waals surface area contributed by atoms with Crippen LogP contribution in [0.4, 0.5) is 5.69 Å². The van der Waals surface area contributed by atoms with Crippen LogP contribution in [0.2, 0.25) is 0 Å². The zero-order valence-corrected chi connectivity index (χ0v) is 9.91. The molecule has 1 aromatic carbocycles. The number of hydrogen-bond donors (Lipinski definition) is 2. The van der Waals surface area contributed by atoms with E-state index in [9.17, 15) is 0 Å². The molecule has 3 N–H and O–H groups in total. The molecule has 2 heteroatoms. The first-order valence-corrected chi connectivity index (χ1v) is 6.36. The normalized spacial score (nSPS) is 19.3. The zero-order valence-electron chi connectivity index (χ0n) is 9.91. The fourth-order valence-electron chi connectivity index (χ4n) is 2.52. The molecule has 1 fully saturated rings. The largest absolute Gasteiger partial charge is 0.385 e. The Hall–Kier alpha value is -1.02. The van der Waals surface area contributed by atoms with Crippen molar-refractivity contribution in [3.8, 4) is 0 Å². The molecule has 2 rings (SSSR count). The Morgan fingerprint density at radius 2 is 1.75 bits per heavy atom. The number of anilines is 1. The van der Waals surface area contributed by atoms with Gasteiger partial charge in [-0.25, -0.2) is 0 Å². The third-order valence-corrected chi connectivity index (χ3v) is 3.58. The van der Waals surface area contributed by atoms with Gasteiger partial charge in [0.2, 0.25) is 0 Å². The molecule has 16 heavy (non-hydrogen) atoms. The Balaban J connectivity index is 1.75. The van der Waals surface area contributed by atoms with Gasteiger partial charge in [0.15, 0.2) is 0 Å². The van der Waals surface area contributed by atoms with Gasteiger partial charge >= 0.3 is 0 Å². The molecule has 0 unspecified atom stereocenters. The fourth-order valence-corrected chi connectivity index (χ4v) is 2.52. The van der Waals surface area contributed by atoms with Gasteiger partial charge in [-0.1, -0.05) is 37.5 Å². The lowest BCUT2D eigenvalue weighted by Gasteiger charge is -2.33. The van der Waals surface area contributed by atoms with Gasteiger partial charge in [-0.05, 0) is 31.4 Å². The lowest BCUT2D eigenvalue weighted by molar-refractivity contribution is 0.284. The van der Waals surface area contributed by atoms with Crippen LogP contribution in [-0.4, -0.2) is 12.1 Å². The summed E-state index contributed by atoms with van der Waals surface area (Å²) in [6, 6.07) is 10.4. The molecule has 1 aliphatic rings. The highest BCUT2D eigenvalue weighted by Gasteiger charge is 2.26. The van der Waals surface area contributed by atoms with Crippen LogP contribution in [0.5, 0.6) is 0 Å². The molecule has 0 spiro atoms. The monoisotopic (exact) mass is 218 g/mol. The van der Waals surface area contributed by atoms with E-state index in [0.29, 0.717) is 0 Å². The fraction of sp³-hybridized carbons (Fsp3) is 0.571. The summed E-state index contributed by atoms with van der Waals surface area (Å²) in [5, 5.41) is 3.44. The van der Waals surface area contributed by atoms with Crippen molar-refractivity contribution in [3.05, 3.63) is 30.3 Å². The van der Waals surface area contributed by atoms with E-state index in [1.807, 2.05) is 6.07 Å². The summed E-state index contributed by atoms with van der Waals surface area (Å²) in [6.07, 6.45) is 7.46. The van der Waals surface area contributed by atoms with E-state index in [-0.39, 0.29) is 5.54 Å². The average molecular weight is 218 g/mol. The maximum atomic E-state index is 6.38. The third kappa shape index (κ3) is 3.24. The first kappa shape index (κ1) is 11.5. The lowest BCUT2D eigenvalue weighted by Crippen LogP contribution is -2.43. The van der Waals surface area contributed by atoms with Crippen molar-refractivity contribution in [2.75, 3.05) is 11.9 Å². The summed E-state index contributed by atoms with van der Waals surface area (Å²) < 4.78 is 0. The predicted molar refractivity (Wildman–Crippen MR) is 69.6 cm³/mol. The van der Waals surface area contributed by atoms with Crippen molar-refractivity contribution in [1.29, 1.82) is 0 Å². The van der Waals surface area contributed by atoms with Gasteiger partial charge in [0, 0.05) is 17.8 Å². The summed E-state index contributed by atoms with van der Waals surface area (Å²) in [6.45, 7) is 0.987. The number of hydrogen-bond acceptors (Lipinski definition) is 2. The van der Waals surface area contributed by atoms with Crippen LogP contribution in [0.1, 0.15) is 38.5 Å². The maximum Gasteiger partial charge on any atom is 0.0340 e. The van der Waals surface area contributed by atoms with Crippen LogP contribution in [0.3, 0.4) is 0 Å². The summed E-state index contributed by atoms with van der Waals surface area (Å²) in [5.41, 5.74) is 7.68. The van der Waals surface area contributed by atoms with Crippen molar-refractivity contribution in [2.45, 2.75) is 44.1 Å². The maximum absolute atomic E-state index is 6.38. The molecule has 1 aromatic rings. The zero-order chi connectivity index (χ0) is 11.3.